The second kappa shape index (κ2) is 6.27. The first-order valence-electron chi connectivity index (χ1n) is 7.56. The number of carboxylic acids is 1. The summed E-state index contributed by atoms with van der Waals surface area (Å²) in [5.41, 5.74) is 4.53. The summed E-state index contributed by atoms with van der Waals surface area (Å²) in [6.07, 6.45) is 6.23. The van der Waals surface area contributed by atoms with Gasteiger partial charge in [0.1, 0.15) is 0 Å². The maximum atomic E-state index is 11.2. The summed E-state index contributed by atoms with van der Waals surface area (Å²) < 4.78 is 0. The minimum Gasteiger partial charge on any atom is -0.478 e. The molecule has 0 amide bonds. The number of fused-ring (bicyclic) bond motifs is 1. The van der Waals surface area contributed by atoms with E-state index in [1.54, 1.807) is 18.3 Å². The lowest BCUT2D eigenvalue weighted by atomic mass is 9.96. The number of rotatable bonds is 5. The monoisotopic (exact) mass is 300 g/mol. The number of aryl methyl sites for hydroxylation is 1. The van der Waals surface area contributed by atoms with E-state index in [0.717, 1.165) is 18.5 Å². The average Bonchev–Trinajstić information content (AvgIpc) is 2.91. The van der Waals surface area contributed by atoms with Crippen molar-refractivity contribution in [1.82, 2.24) is 20.1 Å². The van der Waals surface area contributed by atoms with Crippen LogP contribution in [0.5, 0.6) is 0 Å². The number of aromatic carboxylic acids is 1. The SMILES string of the molecule is CN(Cc1ncccc1C(=O)O)Cc1n[nH]c2c1CCCC2. The van der Waals surface area contributed by atoms with Gasteiger partial charge in [-0.1, -0.05) is 0 Å². The van der Waals surface area contributed by atoms with Crippen molar-refractivity contribution in [3.63, 3.8) is 0 Å². The molecule has 0 aromatic carbocycles. The molecule has 0 unspecified atom stereocenters. The normalized spacial score (nSPS) is 14.1. The van der Waals surface area contributed by atoms with Crippen molar-refractivity contribution in [2.75, 3.05) is 7.05 Å². The lowest BCUT2D eigenvalue weighted by Crippen LogP contribution is -2.21. The Morgan fingerprint density at radius 1 is 1.32 bits per heavy atom. The van der Waals surface area contributed by atoms with Gasteiger partial charge in [0.2, 0.25) is 0 Å². The number of nitrogens with one attached hydrogen (secondary N) is 1. The minimum absolute atomic E-state index is 0.262. The van der Waals surface area contributed by atoms with Crippen molar-refractivity contribution in [3.05, 3.63) is 46.5 Å². The van der Waals surface area contributed by atoms with Crippen LogP contribution in [0.25, 0.3) is 0 Å². The highest BCUT2D eigenvalue weighted by Gasteiger charge is 2.19. The van der Waals surface area contributed by atoms with Gasteiger partial charge in [-0.05, 0) is 50.4 Å². The molecule has 0 atom stereocenters. The second-order valence-electron chi connectivity index (χ2n) is 5.81. The van der Waals surface area contributed by atoms with Crippen LogP contribution >= 0.6 is 0 Å². The summed E-state index contributed by atoms with van der Waals surface area (Å²) in [6, 6.07) is 3.24. The van der Waals surface area contributed by atoms with Crippen LogP contribution in [0.4, 0.5) is 0 Å². The molecule has 1 aliphatic carbocycles. The summed E-state index contributed by atoms with van der Waals surface area (Å²) in [5.74, 6) is -0.936. The van der Waals surface area contributed by atoms with Crippen molar-refractivity contribution in [1.29, 1.82) is 0 Å². The summed E-state index contributed by atoms with van der Waals surface area (Å²) >= 11 is 0. The molecule has 3 rings (SSSR count). The van der Waals surface area contributed by atoms with E-state index >= 15 is 0 Å². The van der Waals surface area contributed by atoms with E-state index in [2.05, 4.69) is 20.1 Å². The molecule has 0 aliphatic heterocycles. The fourth-order valence-electron chi connectivity index (χ4n) is 3.01. The van der Waals surface area contributed by atoms with E-state index in [-0.39, 0.29) is 5.56 Å². The first-order valence-corrected chi connectivity index (χ1v) is 7.56. The van der Waals surface area contributed by atoms with Crippen LogP contribution in [-0.4, -0.2) is 38.2 Å². The number of nitrogens with zero attached hydrogens (tertiary/aromatic N) is 3. The first-order chi connectivity index (χ1) is 10.6. The quantitative estimate of drug-likeness (QED) is 0.882. The molecule has 2 aromatic heterocycles. The minimum atomic E-state index is -0.936. The van der Waals surface area contributed by atoms with Crippen molar-refractivity contribution in [2.45, 2.75) is 38.8 Å². The number of aromatic nitrogens is 3. The van der Waals surface area contributed by atoms with Gasteiger partial charge in [-0.15, -0.1) is 0 Å². The zero-order valence-corrected chi connectivity index (χ0v) is 12.7. The third-order valence-electron chi connectivity index (χ3n) is 4.10. The van der Waals surface area contributed by atoms with Gasteiger partial charge in [-0.3, -0.25) is 15.0 Å². The number of pyridine rings is 1. The first kappa shape index (κ1) is 14.7. The summed E-state index contributed by atoms with van der Waals surface area (Å²) in [7, 11) is 1.96. The third-order valence-corrected chi connectivity index (χ3v) is 4.10. The highest BCUT2D eigenvalue weighted by Crippen LogP contribution is 2.23. The molecule has 116 valence electrons. The smallest absolute Gasteiger partial charge is 0.337 e. The predicted molar refractivity (Wildman–Crippen MR) is 81.6 cm³/mol. The molecule has 0 saturated carbocycles. The fraction of sp³-hybridized carbons (Fsp3) is 0.438. The molecule has 6 heteroatoms. The van der Waals surface area contributed by atoms with Crippen LogP contribution in [0.2, 0.25) is 0 Å². The van der Waals surface area contributed by atoms with E-state index in [0.29, 0.717) is 18.8 Å². The van der Waals surface area contributed by atoms with Crippen LogP contribution in [0.15, 0.2) is 18.3 Å². The van der Waals surface area contributed by atoms with Crippen molar-refractivity contribution < 1.29 is 9.90 Å². The number of carboxylic acid groups (broad SMARTS) is 1. The van der Waals surface area contributed by atoms with Crippen molar-refractivity contribution in [2.24, 2.45) is 0 Å². The Bertz CT molecular complexity index is 681. The molecule has 22 heavy (non-hydrogen) atoms. The molecule has 1 aliphatic rings. The van der Waals surface area contributed by atoms with Gasteiger partial charge in [0.25, 0.3) is 0 Å². The molecule has 2 heterocycles. The van der Waals surface area contributed by atoms with E-state index in [1.165, 1.54) is 24.1 Å². The highest BCUT2D eigenvalue weighted by atomic mass is 16.4. The number of carbonyl (C=O) groups is 1. The molecule has 6 nitrogen and oxygen atoms in total. The van der Waals surface area contributed by atoms with Gasteiger partial charge in [-0.2, -0.15) is 5.10 Å². The van der Waals surface area contributed by atoms with Gasteiger partial charge >= 0.3 is 5.97 Å². The summed E-state index contributed by atoms with van der Waals surface area (Å²) in [5, 5.41) is 16.8. The maximum Gasteiger partial charge on any atom is 0.337 e. The van der Waals surface area contributed by atoms with Crippen LogP contribution in [0, 0.1) is 0 Å². The molecular formula is C16H20N4O2. The van der Waals surface area contributed by atoms with Gasteiger partial charge in [0, 0.05) is 25.0 Å². The van der Waals surface area contributed by atoms with Crippen LogP contribution < -0.4 is 0 Å². The van der Waals surface area contributed by atoms with E-state index < -0.39 is 5.97 Å². The molecule has 0 spiro atoms. The zero-order valence-electron chi connectivity index (χ0n) is 12.7. The Hall–Kier alpha value is -2.21. The van der Waals surface area contributed by atoms with Crippen LogP contribution in [-0.2, 0) is 25.9 Å². The van der Waals surface area contributed by atoms with Gasteiger partial charge in [0.15, 0.2) is 0 Å². The lowest BCUT2D eigenvalue weighted by Gasteiger charge is -2.18. The number of aromatic amines is 1. The number of hydrogen-bond donors (Lipinski definition) is 2. The Kier molecular flexibility index (Phi) is 4.20. The molecule has 2 N–H and O–H groups in total. The average molecular weight is 300 g/mol. The molecular weight excluding hydrogens is 280 g/mol. The fourth-order valence-corrected chi connectivity index (χ4v) is 3.01. The largest absolute Gasteiger partial charge is 0.478 e. The van der Waals surface area contributed by atoms with Gasteiger partial charge < -0.3 is 5.11 Å². The van der Waals surface area contributed by atoms with Gasteiger partial charge in [-0.25, -0.2) is 4.79 Å². The van der Waals surface area contributed by atoms with Crippen molar-refractivity contribution in [3.8, 4) is 0 Å². The summed E-state index contributed by atoms with van der Waals surface area (Å²) in [6.45, 7) is 1.19. The number of H-pyrrole nitrogens is 1. The Morgan fingerprint density at radius 2 is 2.09 bits per heavy atom. The van der Waals surface area contributed by atoms with E-state index in [9.17, 15) is 9.90 Å². The molecule has 2 aromatic rings. The molecule has 0 radical (unpaired) electrons. The Balaban J connectivity index is 1.72. The highest BCUT2D eigenvalue weighted by molar-refractivity contribution is 5.88. The lowest BCUT2D eigenvalue weighted by molar-refractivity contribution is 0.0694. The van der Waals surface area contributed by atoms with Gasteiger partial charge in [0.05, 0.1) is 17.0 Å². The van der Waals surface area contributed by atoms with Crippen LogP contribution in [0.1, 0.15) is 45.8 Å². The maximum absolute atomic E-state index is 11.2. The Morgan fingerprint density at radius 3 is 2.91 bits per heavy atom. The Labute approximate surface area is 129 Å². The third kappa shape index (κ3) is 3.01. The summed E-state index contributed by atoms with van der Waals surface area (Å²) in [4.78, 5) is 17.5. The van der Waals surface area contributed by atoms with Crippen molar-refractivity contribution >= 4 is 5.97 Å². The topological polar surface area (TPSA) is 82.1 Å². The zero-order chi connectivity index (χ0) is 15.5. The van der Waals surface area contributed by atoms with E-state index in [1.807, 2.05) is 7.05 Å². The predicted octanol–water partition coefficient (Wildman–Crippen LogP) is 2.01. The molecule has 0 saturated heterocycles. The number of hydrogen-bond acceptors (Lipinski definition) is 4. The molecule has 0 bridgehead atoms. The second-order valence-corrected chi connectivity index (χ2v) is 5.81. The molecule has 0 fully saturated rings. The standard InChI is InChI=1S/C16H20N4O2/c1-20(9-14-12(16(21)22)6-4-8-17-14)10-15-11-5-2-3-7-13(11)18-19-15/h4,6,8H,2-3,5,7,9-10H2,1H3,(H,18,19)(H,21,22). The van der Waals surface area contributed by atoms with Crippen LogP contribution in [0.3, 0.4) is 0 Å². The van der Waals surface area contributed by atoms with E-state index in [4.69, 9.17) is 0 Å².